The summed E-state index contributed by atoms with van der Waals surface area (Å²) in [5.41, 5.74) is 1.85. The first kappa shape index (κ1) is 12.5. The Kier molecular flexibility index (Phi) is 3.44. The molecule has 6 heteroatoms. The predicted octanol–water partition coefficient (Wildman–Crippen LogP) is 1.68. The second-order valence-electron chi connectivity index (χ2n) is 4.84. The number of aliphatic hydroxyl groups excluding tert-OH is 1. The molecule has 0 saturated heterocycles. The Hall–Kier alpha value is -1.53. The summed E-state index contributed by atoms with van der Waals surface area (Å²) < 4.78 is 0. The maximum Gasteiger partial charge on any atom is 0.272 e. The van der Waals surface area contributed by atoms with E-state index in [0.717, 1.165) is 36.9 Å². The first-order valence-corrected chi connectivity index (χ1v) is 7.37. The van der Waals surface area contributed by atoms with Crippen LogP contribution in [0.3, 0.4) is 0 Å². The van der Waals surface area contributed by atoms with Gasteiger partial charge in [-0.25, -0.2) is 0 Å². The van der Waals surface area contributed by atoms with E-state index in [1.54, 1.807) is 0 Å². The Bertz CT molecular complexity index is 557. The van der Waals surface area contributed by atoms with Gasteiger partial charge in [0.25, 0.3) is 5.91 Å². The molecular formula is C13H15N3O2S. The molecule has 2 heterocycles. The SMILES string of the molecule is O=C(N[C@@H]1CCCC[C@H]1O)c1nnc2ccscc1-2. The normalized spacial score (nSPS) is 23.4. The van der Waals surface area contributed by atoms with Crippen LogP contribution in [0, 0.1) is 0 Å². The van der Waals surface area contributed by atoms with E-state index in [2.05, 4.69) is 15.5 Å². The quantitative estimate of drug-likeness (QED) is 0.875. The third-order valence-electron chi connectivity index (χ3n) is 3.54. The van der Waals surface area contributed by atoms with Crippen molar-refractivity contribution in [2.24, 2.45) is 0 Å². The molecule has 3 rings (SSSR count). The molecule has 100 valence electrons. The van der Waals surface area contributed by atoms with Gasteiger partial charge in [-0.2, -0.15) is 11.3 Å². The number of fused-ring (bicyclic) bond motifs is 1. The zero-order chi connectivity index (χ0) is 13.2. The maximum absolute atomic E-state index is 12.2. The Morgan fingerprint density at radius 2 is 2.21 bits per heavy atom. The van der Waals surface area contributed by atoms with E-state index in [9.17, 15) is 9.90 Å². The van der Waals surface area contributed by atoms with Gasteiger partial charge in [0.1, 0.15) is 0 Å². The highest BCUT2D eigenvalue weighted by molar-refractivity contribution is 7.07. The van der Waals surface area contributed by atoms with Crippen molar-refractivity contribution in [1.29, 1.82) is 0 Å². The molecule has 2 N–H and O–H groups in total. The monoisotopic (exact) mass is 277 g/mol. The summed E-state index contributed by atoms with van der Waals surface area (Å²) in [6, 6.07) is 1.68. The number of amides is 1. The molecule has 3 aliphatic rings. The average Bonchev–Trinajstić information content (AvgIpc) is 2.85. The van der Waals surface area contributed by atoms with Crippen molar-refractivity contribution in [3.63, 3.8) is 0 Å². The number of carbonyl (C=O) groups is 1. The molecule has 0 aromatic heterocycles. The van der Waals surface area contributed by atoms with Crippen molar-refractivity contribution in [2.45, 2.75) is 37.8 Å². The van der Waals surface area contributed by atoms with E-state index in [-0.39, 0.29) is 11.9 Å². The molecule has 0 aromatic carbocycles. The lowest BCUT2D eigenvalue weighted by Gasteiger charge is -2.28. The van der Waals surface area contributed by atoms with Gasteiger partial charge in [0.05, 0.1) is 17.8 Å². The highest BCUT2D eigenvalue weighted by Gasteiger charge is 2.27. The van der Waals surface area contributed by atoms with Crippen LogP contribution in [0.2, 0.25) is 0 Å². The number of rotatable bonds is 2. The molecule has 0 bridgehead atoms. The van der Waals surface area contributed by atoms with E-state index < -0.39 is 6.10 Å². The largest absolute Gasteiger partial charge is 0.391 e. The molecule has 0 spiro atoms. The van der Waals surface area contributed by atoms with Gasteiger partial charge in [0.2, 0.25) is 0 Å². The Labute approximate surface area is 115 Å². The molecule has 0 unspecified atom stereocenters. The van der Waals surface area contributed by atoms with E-state index in [4.69, 9.17) is 0 Å². The molecule has 1 amide bonds. The predicted molar refractivity (Wildman–Crippen MR) is 72.3 cm³/mol. The second-order valence-corrected chi connectivity index (χ2v) is 5.62. The third-order valence-corrected chi connectivity index (χ3v) is 4.21. The average molecular weight is 277 g/mol. The van der Waals surface area contributed by atoms with Crippen LogP contribution < -0.4 is 5.32 Å². The summed E-state index contributed by atoms with van der Waals surface area (Å²) in [6.45, 7) is 0. The lowest BCUT2D eigenvalue weighted by atomic mass is 9.92. The molecule has 0 radical (unpaired) electrons. The fourth-order valence-electron chi connectivity index (χ4n) is 2.47. The van der Waals surface area contributed by atoms with Crippen LogP contribution in [-0.2, 0) is 0 Å². The molecule has 2 aliphatic heterocycles. The topological polar surface area (TPSA) is 75.1 Å². The number of aromatic nitrogens is 2. The van der Waals surface area contributed by atoms with Crippen LogP contribution in [0.4, 0.5) is 0 Å². The lowest BCUT2D eigenvalue weighted by Crippen LogP contribution is -2.45. The Morgan fingerprint density at radius 1 is 1.37 bits per heavy atom. The van der Waals surface area contributed by atoms with Crippen molar-refractivity contribution in [3.05, 3.63) is 22.5 Å². The van der Waals surface area contributed by atoms with Gasteiger partial charge < -0.3 is 10.4 Å². The molecule has 1 aliphatic carbocycles. The molecule has 1 saturated carbocycles. The van der Waals surface area contributed by atoms with Crippen LogP contribution >= 0.6 is 11.3 Å². The molecule has 0 aromatic rings. The van der Waals surface area contributed by atoms with Crippen LogP contribution in [0.25, 0.3) is 11.3 Å². The highest BCUT2D eigenvalue weighted by Crippen LogP contribution is 2.25. The molecule has 5 nitrogen and oxygen atoms in total. The van der Waals surface area contributed by atoms with Gasteiger partial charge >= 0.3 is 0 Å². The number of nitrogens with one attached hydrogen (secondary N) is 1. The summed E-state index contributed by atoms with van der Waals surface area (Å²) >= 11 is 1.51. The van der Waals surface area contributed by atoms with Gasteiger partial charge in [-0.15, -0.1) is 10.2 Å². The van der Waals surface area contributed by atoms with E-state index in [0.29, 0.717) is 5.69 Å². The highest BCUT2D eigenvalue weighted by atomic mass is 32.1. The van der Waals surface area contributed by atoms with Crippen LogP contribution in [0.15, 0.2) is 16.8 Å². The maximum atomic E-state index is 12.2. The summed E-state index contributed by atoms with van der Waals surface area (Å²) in [7, 11) is 0. The number of hydrogen-bond acceptors (Lipinski definition) is 5. The summed E-state index contributed by atoms with van der Waals surface area (Å²) in [4.78, 5) is 12.2. The zero-order valence-corrected chi connectivity index (χ0v) is 11.2. The van der Waals surface area contributed by atoms with E-state index in [1.807, 2.05) is 16.8 Å². The summed E-state index contributed by atoms with van der Waals surface area (Å²) in [6.07, 6.45) is 3.18. The molecule has 1 fully saturated rings. The van der Waals surface area contributed by atoms with Gasteiger partial charge in [0.15, 0.2) is 5.69 Å². The van der Waals surface area contributed by atoms with Crippen LogP contribution in [0.1, 0.15) is 36.2 Å². The Balaban J connectivity index is 1.77. The van der Waals surface area contributed by atoms with Crippen molar-refractivity contribution in [1.82, 2.24) is 15.5 Å². The number of aliphatic hydroxyl groups is 1. The smallest absolute Gasteiger partial charge is 0.272 e. The molecule has 19 heavy (non-hydrogen) atoms. The van der Waals surface area contributed by atoms with Gasteiger partial charge in [-0.3, -0.25) is 4.79 Å². The minimum atomic E-state index is -0.449. The van der Waals surface area contributed by atoms with Crippen molar-refractivity contribution < 1.29 is 9.90 Å². The van der Waals surface area contributed by atoms with Gasteiger partial charge in [-0.1, -0.05) is 12.8 Å². The van der Waals surface area contributed by atoms with E-state index >= 15 is 0 Å². The first-order chi connectivity index (χ1) is 9.25. The van der Waals surface area contributed by atoms with Gasteiger partial charge in [0, 0.05) is 10.9 Å². The van der Waals surface area contributed by atoms with E-state index in [1.165, 1.54) is 11.3 Å². The molecule has 2 atom stereocenters. The minimum Gasteiger partial charge on any atom is -0.391 e. The van der Waals surface area contributed by atoms with Crippen molar-refractivity contribution in [3.8, 4) is 11.3 Å². The second kappa shape index (κ2) is 5.22. The standard InChI is InChI=1S/C13H15N3O2S/c17-11-4-2-1-3-10(11)14-13(18)12-8-7-19-6-5-9(8)15-16-12/h5-7,10-11,17H,1-4H2,(H,14,18)/t10-,11-/m1/s1. The van der Waals surface area contributed by atoms with Crippen molar-refractivity contribution >= 4 is 17.2 Å². The third kappa shape index (κ3) is 2.46. The van der Waals surface area contributed by atoms with Gasteiger partial charge in [-0.05, 0) is 24.3 Å². The van der Waals surface area contributed by atoms with Crippen molar-refractivity contribution in [2.75, 3.05) is 0 Å². The lowest BCUT2D eigenvalue weighted by molar-refractivity contribution is 0.0714. The minimum absolute atomic E-state index is 0.166. The van der Waals surface area contributed by atoms with Crippen LogP contribution in [0.5, 0.6) is 0 Å². The number of hydrogen-bond donors (Lipinski definition) is 2. The summed E-state index contributed by atoms with van der Waals surface area (Å²) in [5.74, 6) is -0.244. The Morgan fingerprint density at radius 3 is 3.05 bits per heavy atom. The number of carbonyl (C=O) groups excluding carboxylic acids is 1. The first-order valence-electron chi connectivity index (χ1n) is 6.43. The fourth-order valence-corrected chi connectivity index (χ4v) is 3.12. The molecular weight excluding hydrogens is 262 g/mol. The summed E-state index contributed by atoms with van der Waals surface area (Å²) in [5, 5.41) is 24.5. The van der Waals surface area contributed by atoms with Crippen LogP contribution in [-0.4, -0.2) is 33.4 Å². The zero-order valence-electron chi connectivity index (χ0n) is 10.4. The number of nitrogens with zero attached hydrogens (tertiary/aromatic N) is 2. The fraction of sp³-hybridized carbons (Fsp3) is 0.462.